The van der Waals surface area contributed by atoms with E-state index in [0.717, 1.165) is 15.9 Å². The molecule has 0 fully saturated rings. The van der Waals surface area contributed by atoms with E-state index in [4.69, 9.17) is 0 Å². The lowest BCUT2D eigenvalue weighted by Gasteiger charge is -2.30. The molecular formula is C26H32OP+. The summed E-state index contributed by atoms with van der Waals surface area (Å²) in [6.07, 6.45) is 0. The molecular weight excluding hydrogens is 359 g/mol. The van der Waals surface area contributed by atoms with Crippen molar-refractivity contribution in [3.63, 3.8) is 0 Å². The van der Waals surface area contributed by atoms with Gasteiger partial charge in [0.15, 0.2) is 0 Å². The van der Waals surface area contributed by atoms with Crippen LogP contribution < -0.4 is 15.9 Å². The molecule has 3 aromatic carbocycles. The summed E-state index contributed by atoms with van der Waals surface area (Å²) in [4.78, 5) is 12.4. The average molecular weight is 392 g/mol. The molecule has 1 nitrogen and oxygen atoms in total. The summed E-state index contributed by atoms with van der Waals surface area (Å²) in [6.45, 7) is 13.4. The average Bonchev–Trinajstić information content (AvgIpc) is 2.67. The molecule has 3 aromatic rings. The zero-order valence-electron chi connectivity index (χ0n) is 17.9. The molecule has 3 rings (SSSR count). The minimum Gasteiger partial charge on any atom is -0.235 e. The van der Waals surface area contributed by atoms with Gasteiger partial charge in [0.05, 0.1) is 0 Å². The van der Waals surface area contributed by atoms with Gasteiger partial charge in [-0.1, -0.05) is 90.1 Å². The SMILES string of the molecule is CC(C)(C)c1ccc([P+](O)(c2ccccc2)c2ccccc2)c(C(C)(C)C)c1. The highest BCUT2D eigenvalue weighted by molar-refractivity contribution is 7.91. The molecule has 0 saturated heterocycles. The van der Waals surface area contributed by atoms with Crippen molar-refractivity contribution in [3.8, 4) is 0 Å². The first-order valence-electron chi connectivity index (χ1n) is 9.93. The lowest BCUT2D eigenvalue weighted by atomic mass is 9.81. The molecule has 28 heavy (non-hydrogen) atoms. The third-order valence-electron chi connectivity index (χ3n) is 5.28. The van der Waals surface area contributed by atoms with Crippen molar-refractivity contribution < 1.29 is 4.89 Å². The highest BCUT2D eigenvalue weighted by Crippen LogP contribution is 2.53. The smallest absolute Gasteiger partial charge is 0.235 e. The molecule has 1 N–H and O–H groups in total. The summed E-state index contributed by atoms with van der Waals surface area (Å²) in [5.74, 6) is 0. The lowest BCUT2D eigenvalue weighted by molar-refractivity contribution is 0.569. The molecule has 0 aliphatic rings. The number of benzene rings is 3. The third kappa shape index (κ3) is 3.93. The summed E-state index contributed by atoms with van der Waals surface area (Å²) in [5, 5.41) is 3.05. The van der Waals surface area contributed by atoms with Crippen LogP contribution in [0.5, 0.6) is 0 Å². The van der Waals surface area contributed by atoms with Crippen molar-refractivity contribution in [3.05, 3.63) is 90.0 Å². The van der Waals surface area contributed by atoms with E-state index in [1.807, 2.05) is 36.4 Å². The maximum Gasteiger partial charge on any atom is 0.238 e. The van der Waals surface area contributed by atoms with Gasteiger partial charge in [0.25, 0.3) is 0 Å². The monoisotopic (exact) mass is 391 g/mol. The largest absolute Gasteiger partial charge is 0.238 e. The number of hydrogen-bond acceptors (Lipinski definition) is 1. The van der Waals surface area contributed by atoms with Crippen LogP contribution in [0.1, 0.15) is 52.7 Å². The molecule has 0 aliphatic heterocycles. The topological polar surface area (TPSA) is 20.2 Å². The van der Waals surface area contributed by atoms with Crippen molar-refractivity contribution in [2.45, 2.75) is 52.4 Å². The van der Waals surface area contributed by atoms with Crippen LogP contribution in [0, 0.1) is 0 Å². The Balaban J connectivity index is 2.36. The van der Waals surface area contributed by atoms with Crippen molar-refractivity contribution in [1.82, 2.24) is 0 Å². The van der Waals surface area contributed by atoms with E-state index >= 15 is 0 Å². The fraction of sp³-hybridized carbons (Fsp3) is 0.308. The van der Waals surface area contributed by atoms with Crippen molar-refractivity contribution >= 4 is 23.4 Å². The van der Waals surface area contributed by atoms with Crippen molar-refractivity contribution in [1.29, 1.82) is 0 Å². The van der Waals surface area contributed by atoms with Gasteiger partial charge in [0, 0.05) is 5.56 Å². The molecule has 2 heteroatoms. The molecule has 0 atom stereocenters. The molecule has 0 aliphatic carbocycles. The van der Waals surface area contributed by atoms with Crippen LogP contribution in [-0.4, -0.2) is 4.89 Å². The minimum atomic E-state index is -2.73. The Bertz CT molecular complexity index is 892. The summed E-state index contributed by atoms with van der Waals surface area (Å²) in [5.41, 5.74) is 2.51. The first-order valence-corrected chi connectivity index (χ1v) is 11.7. The van der Waals surface area contributed by atoms with Gasteiger partial charge in [-0.25, -0.2) is 4.89 Å². The number of hydrogen-bond donors (Lipinski definition) is 1. The molecule has 146 valence electrons. The van der Waals surface area contributed by atoms with Gasteiger partial charge in [-0.2, -0.15) is 0 Å². The van der Waals surface area contributed by atoms with E-state index in [2.05, 4.69) is 84.0 Å². The van der Waals surface area contributed by atoms with E-state index in [-0.39, 0.29) is 10.8 Å². The molecule has 0 unspecified atom stereocenters. The zero-order chi connectivity index (χ0) is 20.6. The van der Waals surface area contributed by atoms with Gasteiger partial charge < -0.3 is 0 Å². The molecule has 0 spiro atoms. The Morgan fingerprint density at radius 2 is 1.07 bits per heavy atom. The summed E-state index contributed by atoms with van der Waals surface area (Å²) >= 11 is 0. The maximum absolute atomic E-state index is 12.4. The Hall–Kier alpha value is -1.95. The Kier molecular flexibility index (Phi) is 5.54. The quantitative estimate of drug-likeness (QED) is 0.586. The van der Waals surface area contributed by atoms with Gasteiger partial charge in [-0.05, 0) is 46.7 Å². The van der Waals surface area contributed by atoms with Crippen LogP contribution in [0.4, 0.5) is 0 Å². The van der Waals surface area contributed by atoms with Crippen LogP contribution in [0.3, 0.4) is 0 Å². The van der Waals surface area contributed by atoms with Gasteiger partial charge in [0.1, 0.15) is 15.9 Å². The molecule has 0 saturated carbocycles. The van der Waals surface area contributed by atoms with Crippen LogP contribution in [0.2, 0.25) is 0 Å². The zero-order valence-corrected chi connectivity index (χ0v) is 18.8. The van der Waals surface area contributed by atoms with Crippen molar-refractivity contribution in [2.75, 3.05) is 0 Å². The predicted molar refractivity (Wildman–Crippen MR) is 125 cm³/mol. The predicted octanol–water partition coefficient (Wildman–Crippen LogP) is 5.48. The van der Waals surface area contributed by atoms with Gasteiger partial charge in [0.2, 0.25) is 7.49 Å². The first-order chi connectivity index (χ1) is 13.0. The number of rotatable bonds is 3. The van der Waals surface area contributed by atoms with Crippen LogP contribution in [0.25, 0.3) is 0 Å². The summed E-state index contributed by atoms with van der Waals surface area (Å²) in [6, 6.07) is 27.0. The Morgan fingerprint density at radius 3 is 1.46 bits per heavy atom. The molecule has 0 amide bonds. The normalized spacial score (nSPS) is 12.8. The second kappa shape index (κ2) is 7.47. The minimum absolute atomic E-state index is 0.0641. The highest BCUT2D eigenvalue weighted by Gasteiger charge is 2.47. The maximum atomic E-state index is 12.4. The summed E-state index contributed by atoms with van der Waals surface area (Å²) < 4.78 is 0. The summed E-state index contributed by atoms with van der Waals surface area (Å²) in [7, 11) is -2.73. The van der Waals surface area contributed by atoms with Crippen LogP contribution in [0.15, 0.2) is 78.9 Å². The van der Waals surface area contributed by atoms with Crippen LogP contribution >= 0.6 is 7.49 Å². The second-order valence-corrected chi connectivity index (χ2v) is 12.3. The fourth-order valence-electron chi connectivity index (χ4n) is 3.60. The lowest BCUT2D eigenvalue weighted by Crippen LogP contribution is -2.36. The van der Waals surface area contributed by atoms with Crippen molar-refractivity contribution in [2.24, 2.45) is 0 Å². The Morgan fingerprint density at radius 1 is 0.607 bits per heavy atom. The van der Waals surface area contributed by atoms with Gasteiger partial charge >= 0.3 is 0 Å². The van der Waals surface area contributed by atoms with E-state index < -0.39 is 7.49 Å². The molecule has 0 bridgehead atoms. The van der Waals surface area contributed by atoms with E-state index in [9.17, 15) is 4.89 Å². The molecule has 0 aromatic heterocycles. The third-order valence-corrected chi connectivity index (χ3v) is 8.46. The molecule has 0 radical (unpaired) electrons. The van der Waals surface area contributed by atoms with E-state index in [1.54, 1.807) is 0 Å². The van der Waals surface area contributed by atoms with Crippen LogP contribution in [-0.2, 0) is 10.8 Å². The highest BCUT2D eigenvalue weighted by atomic mass is 31.2. The van der Waals surface area contributed by atoms with Gasteiger partial charge in [-0.3, -0.25) is 0 Å². The van der Waals surface area contributed by atoms with E-state index in [1.165, 1.54) is 11.1 Å². The Labute approximate surface area is 170 Å². The first kappa shape index (κ1) is 20.8. The van der Waals surface area contributed by atoms with E-state index in [0.29, 0.717) is 0 Å². The molecule has 0 heterocycles. The standard InChI is InChI=1S/C26H32OP/c1-25(2,3)20-17-18-24(23(19-20)26(4,5)6)28(27,21-13-9-7-10-14-21)22-15-11-8-12-16-22/h7-19,27H,1-6H3/q+1. The fourth-order valence-corrected chi connectivity index (χ4v) is 6.70. The van der Waals surface area contributed by atoms with Gasteiger partial charge in [-0.15, -0.1) is 0 Å². The second-order valence-electron chi connectivity index (χ2n) is 9.54.